The molecule has 0 aliphatic carbocycles. The molecule has 0 saturated carbocycles. The summed E-state index contributed by atoms with van der Waals surface area (Å²) in [5.41, 5.74) is 0.581. The van der Waals surface area contributed by atoms with Crippen LogP contribution in [0.1, 0.15) is 5.56 Å². The molecule has 0 aliphatic heterocycles. The molecule has 0 unspecified atom stereocenters. The molecular formula is C12H11NO2. The van der Waals surface area contributed by atoms with Crippen LogP contribution in [-0.4, -0.2) is 19.8 Å². The van der Waals surface area contributed by atoms with Crippen molar-refractivity contribution in [3.63, 3.8) is 0 Å². The lowest BCUT2D eigenvalue weighted by Crippen LogP contribution is -2.06. The lowest BCUT2D eigenvalue weighted by Gasteiger charge is -2.05. The Labute approximate surface area is 89.2 Å². The summed E-state index contributed by atoms with van der Waals surface area (Å²) in [5.74, 6) is 3.03. The van der Waals surface area contributed by atoms with Crippen molar-refractivity contribution in [3.8, 4) is 24.2 Å². The molecule has 0 fully saturated rings. The molecule has 0 aliphatic rings. The van der Waals surface area contributed by atoms with Crippen LogP contribution >= 0.6 is 0 Å². The minimum absolute atomic E-state index is 0.293. The van der Waals surface area contributed by atoms with Gasteiger partial charge in [-0.05, 0) is 18.2 Å². The summed E-state index contributed by atoms with van der Waals surface area (Å²) in [7, 11) is 0. The Morgan fingerprint density at radius 3 is 2.93 bits per heavy atom. The van der Waals surface area contributed by atoms with Crippen molar-refractivity contribution in [1.29, 1.82) is 5.26 Å². The highest BCUT2D eigenvalue weighted by molar-refractivity contribution is 5.36. The molecule has 0 saturated heterocycles. The second-order valence-corrected chi connectivity index (χ2v) is 2.74. The van der Waals surface area contributed by atoms with Gasteiger partial charge in [0, 0.05) is 0 Å². The van der Waals surface area contributed by atoms with Gasteiger partial charge in [-0.15, -0.1) is 6.42 Å². The fraction of sp³-hybridized carbons (Fsp3) is 0.250. The van der Waals surface area contributed by atoms with Crippen molar-refractivity contribution < 1.29 is 9.47 Å². The Bertz CT molecular complexity index is 387. The first-order valence-electron chi connectivity index (χ1n) is 4.51. The van der Waals surface area contributed by atoms with E-state index in [2.05, 4.69) is 5.92 Å². The topological polar surface area (TPSA) is 42.2 Å². The fourth-order valence-corrected chi connectivity index (χ4v) is 1.00. The largest absolute Gasteiger partial charge is 0.491 e. The van der Waals surface area contributed by atoms with Gasteiger partial charge in [0.25, 0.3) is 0 Å². The van der Waals surface area contributed by atoms with Gasteiger partial charge in [0.15, 0.2) is 0 Å². The highest BCUT2D eigenvalue weighted by atomic mass is 16.5. The first-order valence-corrected chi connectivity index (χ1v) is 4.51. The molecule has 1 aromatic rings. The minimum atomic E-state index is 0.293. The van der Waals surface area contributed by atoms with E-state index >= 15 is 0 Å². The maximum atomic E-state index is 8.65. The third-order valence-corrected chi connectivity index (χ3v) is 1.64. The average Bonchev–Trinajstić information content (AvgIpc) is 2.29. The summed E-state index contributed by atoms with van der Waals surface area (Å²) in [4.78, 5) is 0. The molecule has 0 heterocycles. The lowest BCUT2D eigenvalue weighted by molar-refractivity contribution is 0.124. The summed E-state index contributed by atoms with van der Waals surface area (Å²) in [5, 5.41) is 8.65. The molecule has 0 bridgehead atoms. The van der Waals surface area contributed by atoms with Crippen LogP contribution in [0, 0.1) is 23.7 Å². The van der Waals surface area contributed by atoms with Crippen LogP contribution in [0.15, 0.2) is 24.3 Å². The van der Waals surface area contributed by atoms with Crippen LogP contribution in [0.3, 0.4) is 0 Å². The normalized spacial score (nSPS) is 8.93. The zero-order valence-corrected chi connectivity index (χ0v) is 8.27. The smallest absolute Gasteiger partial charge is 0.120 e. The van der Waals surface area contributed by atoms with E-state index in [1.807, 2.05) is 6.07 Å². The number of hydrogen-bond donors (Lipinski definition) is 0. The predicted octanol–water partition coefficient (Wildman–Crippen LogP) is 1.59. The first-order chi connectivity index (χ1) is 7.36. The maximum absolute atomic E-state index is 8.65. The third-order valence-electron chi connectivity index (χ3n) is 1.64. The summed E-state index contributed by atoms with van der Waals surface area (Å²) in [6.45, 7) is 1.17. The van der Waals surface area contributed by atoms with Crippen molar-refractivity contribution in [2.45, 2.75) is 0 Å². The Balaban J connectivity index is 2.32. The molecule has 0 aromatic heterocycles. The first kappa shape index (κ1) is 11.1. The van der Waals surface area contributed by atoms with Gasteiger partial charge in [-0.25, -0.2) is 0 Å². The van der Waals surface area contributed by atoms with Crippen LogP contribution < -0.4 is 4.74 Å². The number of terminal acetylenes is 1. The zero-order valence-electron chi connectivity index (χ0n) is 8.27. The van der Waals surface area contributed by atoms with Gasteiger partial charge in [-0.3, -0.25) is 0 Å². The molecule has 15 heavy (non-hydrogen) atoms. The summed E-state index contributed by atoms with van der Waals surface area (Å²) < 4.78 is 10.4. The standard InChI is InChI=1S/C12H11NO2/c1-2-6-14-7-8-15-12-5-3-4-11(9-12)10-13/h1,3-5,9H,6-8H2. The van der Waals surface area contributed by atoms with Crippen LogP contribution in [0.4, 0.5) is 0 Å². The van der Waals surface area contributed by atoms with E-state index < -0.39 is 0 Å². The molecule has 1 rings (SSSR count). The molecule has 1 aromatic carbocycles. The number of hydrogen-bond acceptors (Lipinski definition) is 3. The van der Waals surface area contributed by atoms with Crippen molar-refractivity contribution in [1.82, 2.24) is 0 Å². The minimum Gasteiger partial charge on any atom is -0.491 e. The number of nitrogens with zero attached hydrogens (tertiary/aromatic N) is 1. The van der Waals surface area contributed by atoms with E-state index in [4.69, 9.17) is 21.2 Å². The Morgan fingerprint density at radius 1 is 1.33 bits per heavy atom. The van der Waals surface area contributed by atoms with E-state index in [1.165, 1.54) is 0 Å². The Hall–Kier alpha value is -1.97. The molecule has 0 atom stereocenters. The predicted molar refractivity (Wildman–Crippen MR) is 56.3 cm³/mol. The van der Waals surface area contributed by atoms with Gasteiger partial charge in [0.2, 0.25) is 0 Å². The van der Waals surface area contributed by atoms with Crippen LogP contribution in [-0.2, 0) is 4.74 Å². The summed E-state index contributed by atoms with van der Waals surface area (Å²) >= 11 is 0. The Kier molecular flexibility index (Phi) is 4.80. The van der Waals surface area contributed by atoms with E-state index in [0.717, 1.165) is 0 Å². The fourth-order valence-electron chi connectivity index (χ4n) is 1.00. The van der Waals surface area contributed by atoms with E-state index in [1.54, 1.807) is 24.3 Å². The Morgan fingerprint density at radius 2 is 2.20 bits per heavy atom. The summed E-state index contributed by atoms with van der Waals surface area (Å²) in [6.07, 6.45) is 5.01. The molecule has 3 heteroatoms. The van der Waals surface area contributed by atoms with E-state index in [-0.39, 0.29) is 0 Å². The second kappa shape index (κ2) is 6.48. The van der Waals surface area contributed by atoms with Crippen molar-refractivity contribution >= 4 is 0 Å². The molecular weight excluding hydrogens is 190 g/mol. The van der Waals surface area contributed by atoms with E-state index in [0.29, 0.717) is 31.1 Å². The van der Waals surface area contributed by atoms with E-state index in [9.17, 15) is 0 Å². The quantitative estimate of drug-likeness (QED) is 0.536. The van der Waals surface area contributed by atoms with Gasteiger partial charge < -0.3 is 9.47 Å². The zero-order chi connectivity index (χ0) is 10.9. The molecule has 0 radical (unpaired) electrons. The van der Waals surface area contributed by atoms with Crippen LogP contribution in [0.25, 0.3) is 0 Å². The van der Waals surface area contributed by atoms with Gasteiger partial charge in [0.1, 0.15) is 19.0 Å². The second-order valence-electron chi connectivity index (χ2n) is 2.74. The highest BCUT2D eigenvalue weighted by Gasteiger charge is 1.95. The average molecular weight is 201 g/mol. The van der Waals surface area contributed by atoms with Crippen LogP contribution in [0.5, 0.6) is 5.75 Å². The SMILES string of the molecule is C#CCOCCOc1cccc(C#N)c1. The molecule has 0 amide bonds. The van der Waals surface area contributed by atoms with Crippen molar-refractivity contribution in [3.05, 3.63) is 29.8 Å². The van der Waals surface area contributed by atoms with Gasteiger partial charge >= 0.3 is 0 Å². The molecule has 76 valence electrons. The van der Waals surface area contributed by atoms with Gasteiger partial charge in [-0.1, -0.05) is 12.0 Å². The monoisotopic (exact) mass is 201 g/mol. The van der Waals surface area contributed by atoms with Gasteiger partial charge in [0.05, 0.1) is 18.2 Å². The third kappa shape index (κ3) is 4.17. The number of nitriles is 1. The number of benzene rings is 1. The molecule has 0 spiro atoms. The number of ether oxygens (including phenoxy) is 2. The summed E-state index contributed by atoms with van der Waals surface area (Å²) in [6, 6.07) is 9.01. The maximum Gasteiger partial charge on any atom is 0.120 e. The van der Waals surface area contributed by atoms with Crippen molar-refractivity contribution in [2.24, 2.45) is 0 Å². The van der Waals surface area contributed by atoms with Crippen molar-refractivity contribution in [2.75, 3.05) is 19.8 Å². The highest BCUT2D eigenvalue weighted by Crippen LogP contribution is 2.11. The van der Waals surface area contributed by atoms with Crippen LogP contribution in [0.2, 0.25) is 0 Å². The number of rotatable bonds is 5. The van der Waals surface area contributed by atoms with Gasteiger partial charge in [-0.2, -0.15) is 5.26 Å². The lowest BCUT2D eigenvalue weighted by atomic mass is 10.2. The molecule has 3 nitrogen and oxygen atoms in total. The molecule has 0 N–H and O–H groups in total.